The fourth-order valence-corrected chi connectivity index (χ4v) is 4.41. The van der Waals surface area contributed by atoms with Crippen molar-refractivity contribution in [2.45, 2.75) is 13.3 Å². The van der Waals surface area contributed by atoms with Crippen molar-refractivity contribution in [3.8, 4) is 0 Å². The molecule has 1 saturated heterocycles. The van der Waals surface area contributed by atoms with Crippen LogP contribution in [0.15, 0.2) is 24.4 Å². The summed E-state index contributed by atoms with van der Waals surface area (Å²) in [5.74, 6) is -0.323. The standard InChI is InChI=1S/C14H15NO3S/c1-9-2-3-11-12(7-15-13(11)6-9)14(16)10-4-5-19(17,18)8-10/h2-3,6-7,10,15H,4-5,8H2,1H3. The number of carbonyl (C=O) groups excluding carboxylic acids is 1. The van der Waals surface area contributed by atoms with Gasteiger partial charge >= 0.3 is 0 Å². The maximum atomic E-state index is 12.4. The van der Waals surface area contributed by atoms with Gasteiger partial charge < -0.3 is 4.98 Å². The van der Waals surface area contributed by atoms with Crippen LogP contribution in [0.5, 0.6) is 0 Å². The van der Waals surface area contributed by atoms with Gasteiger partial charge in [-0.25, -0.2) is 8.42 Å². The molecule has 0 radical (unpaired) electrons. The number of carbonyl (C=O) groups is 1. The Bertz CT molecular complexity index is 758. The molecule has 1 aromatic carbocycles. The Morgan fingerprint density at radius 1 is 1.37 bits per heavy atom. The third kappa shape index (κ3) is 2.18. The highest BCUT2D eigenvalue weighted by atomic mass is 32.2. The lowest BCUT2D eigenvalue weighted by Gasteiger charge is -2.05. The molecule has 1 N–H and O–H groups in total. The number of hydrogen-bond acceptors (Lipinski definition) is 3. The van der Waals surface area contributed by atoms with E-state index in [4.69, 9.17) is 0 Å². The second-order valence-corrected chi connectivity index (χ2v) is 7.44. The van der Waals surface area contributed by atoms with Crippen molar-refractivity contribution in [1.82, 2.24) is 4.98 Å². The van der Waals surface area contributed by atoms with Gasteiger partial charge in [0.2, 0.25) is 0 Å². The predicted molar refractivity (Wildman–Crippen MR) is 74.1 cm³/mol. The molecule has 0 bridgehead atoms. The van der Waals surface area contributed by atoms with Crippen molar-refractivity contribution >= 4 is 26.5 Å². The van der Waals surface area contributed by atoms with E-state index in [0.29, 0.717) is 12.0 Å². The second kappa shape index (κ2) is 4.20. The first-order valence-corrected chi connectivity index (χ1v) is 8.11. The summed E-state index contributed by atoms with van der Waals surface area (Å²) in [5, 5.41) is 0.875. The number of sulfone groups is 1. The molecule has 19 heavy (non-hydrogen) atoms. The van der Waals surface area contributed by atoms with Crippen molar-refractivity contribution in [2.24, 2.45) is 5.92 Å². The number of Topliss-reactive ketones (excluding diaryl/α,β-unsaturated/α-hetero) is 1. The Morgan fingerprint density at radius 2 is 2.16 bits per heavy atom. The number of aromatic amines is 1. The highest BCUT2D eigenvalue weighted by Gasteiger charge is 2.34. The Morgan fingerprint density at radius 3 is 2.84 bits per heavy atom. The Balaban J connectivity index is 1.99. The molecular formula is C14H15NO3S. The predicted octanol–water partition coefficient (Wildman–Crippen LogP) is 2.09. The third-order valence-electron chi connectivity index (χ3n) is 3.71. The lowest BCUT2D eigenvalue weighted by molar-refractivity contribution is 0.0935. The van der Waals surface area contributed by atoms with E-state index in [9.17, 15) is 13.2 Å². The normalized spacial score (nSPS) is 21.8. The topological polar surface area (TPSA) is 67.0 Å². The van der Waals surface area contributed by atoms with Crippen LogP contribution in [0.3, 0.4) is 0 Å². The number of fused-ring (bicyclic) bond motifs is 1. The van der Waals surface area contributed by atoms with Crippen LogP contribution in [0, 0.1) is 12.8 Å². The smallest absolute Gasteiger partial charge is 0.169 e. The van der Waals surface area contributed by atoms with Crippen molar-refractivity contribution in [3.63, 3.8) is 0 Å². The molecule has 0 spiro atoms. The van der Waals surface area contributed by atoms with E-state index in [0.717, 1.165) is 16.5 Å². The van der Waals surface area contributed by atoms with Crippen molar-refractivity contribution < 1.29 is 13.2 Å². The summed E-state index contributed by atoms with van der Waals surface area (Å²) in [6.45, 7) is 1.99. The highest BCUT2D eigenvalue weighted by molar-refractivity contribution is 7.91. The van der Waals surface area contributed by atoms with Gasteiger partial charge in [-0.05, 0) is 25.0 Å². The van der Waals surface area contributed by atoms with Crippen molar-refractivity contribution in [3.05, 3.63) is 35.5 Å². The van der Waals surface area contributed by atoms with Gasteiger partial charge in [0.25, 0.3) is 0 Å². The first-order chi connectivity index (χ1) is 8.96. The number of rotatable bonds is 2. The largest absolute Gasteiger partial charge is 0.360 e. The molecule has 0 amide bonds. The zero-order valence-electron chi connectivity index (χ0n) is 10.6. The second-order valence-electron chi connectivity index (χ2n) is 5.22. The van der Waals surface area contributed by atoms with Crippen LogP contribution in [0.25, 0.3) is 10.9 Å². The molecule has 0 aliphatic carbocycles. The Hall–Kier alpha value is -1.62. The highest BCUT2D eigenvalue weighted by Crippen LogP contribution is 2.27. The molecule has 1 atom stereocenters. The fourth-order valence-electron chi connectivity index (χ4n) is 2.67. The van der Waals surface area contributed by atoms with Crippen molar-refractivity contribution in [2.75, 3.05) is 11.5 Å². The molecule has 2 heterocycles. The number of hydrogen-bond donors (Lipinski definition) is 1. The van der Waals surface area contributed by atoms with Crippen LogP contribution in [0.1, 0.15) is 22.3 Å². The van der Waals surface area contributed by atoms with E-state index < -0.39 is 9.84 Å². The van der Waals surface area contributed by atoms with Gasteiger partial charge in [0.15, 0.2) is 15.6 Å². The lowest BCUT2D eigenvalue weighted by atomic mass is 9.96. The van der Waals surface area contributed by atoms with Crippen LogP contribution in [-0.4, -0.2) is 30.7 Å². The average Bonchev–Trinajstić information content (AvgIpc) is 2.91. The monoisotopic (exact) mass is 277 g/mol. The maximum absolute atomic E-state index is 12.4. The van der Waals surface area contributed by atoms with Crippen LogP contribution in [0.4, 0.5) is 0 Å². The van der Waals surface area contributed by atoms with E-state index in [-0.39, 0.29) is 23.2 Å². The summed E-state index contributed by atoms with van der Waals surface area (Å²) >= 11 is 0. The number of H-pyrrole nitrogens is 1. The van der Waals surface area contributed by atoms with Crippen LogP contribution >= 0.6 is 0 Å². The quantitative estimate of drug-likeness (QED) is 0.855. The van der Waals surface area contributed by atoms with E-state index in [2.05, 4.69) is 4.98 Å². The first kappa shape index (κ1) is 12.4. The number of benzene rings is 1. The van der Waals surface area contributed by atoms with E-state index in [1.807, 2.05) is 25.1 Å². The van der Waals surface area contributed by atoms with Gasteiger partial charge in [-0.15, -0.1) is 0 Å². The van der Waals surface area contributed by atoms with E-state index in [1.165, 1.54) is 0 Å². The summed E-state index contributed by atoms with van der Waals surface area (Å²) in [5.41, 5.74) is 2.65. The van der Waals surface area contributed by atoms with Gasteiger partial charge in [-0.1, -0.05) is 12.1 Å². The SMILES string of the molecule is Cc1ccc2c(C(=O)C3CCS(=O)(=O)C3)c[nH]c2c1. The summed E-state index contributed by atoms with van der Waals surface area (Å²) in [6.07, 6.45) is 2.14. The molecule has 3 rings (SSSR count). The molecule has 1 aromatic heterocycles. The lowest BCUT2D eigenvalue weighted by Crippen LogP contribution is -2.15. The minimum atomic E-state index is -3.02. The third-order valence-corrected chi connectivity index (χ3v) is 5.47. The summed E-state index contributed by atoms with van der Waals surface area (Å²) in [7, 11) is -3.02. The molecular weight excluding hydrogens is 262 g/mol. The van der Waals surface area contributed by atoms with Crippen LogP contribution in [0.2, 0.25) is 0 Å². The molecule has 2 aromatic rings. The number of nitrogens with one attached hydrogen (secondary N) is 1. The first-order valence-electron chi connectivity index (χ1n) is 6.29. The molecule has 1 aliphatic rings. The van der Waals surface area contributed by atoms with Crippen LogP contribution in [-0.2, 0) is 9.84 Å². The van der Waals surface area contributed by atoms with Gasteiger partial charge in [0, 0.05) is 28.6 Å². The zero-order valence-corrected chi connectivity index (χ0v) is 11.5. The number of aromatic nitrogens is 1. The van der Waals surface area contributed by atoms with Gasteiger partial charge in [-0.3, -0.25) is 4.79 Å². The molecule has 5 heteroatoms. The number of ketones is 1. The van der Waals surface area contributed by atoms with E-state index >= 15 is 0 Å². The van der Waals surface area contributed by atoms with E-state index in [1.54, 1.807) is 6.20 Å². The molecule has 1 aliphatic heterocycles. The van der Waals surface area contributed by atoms with Crippen LogP contribution < -0.4 is 0 Å². The summed E-state index contributed by atoms with van der Waals surface area (Å²) in [6, 6.07) is 5.85. The van der Waals surface area contributed by atoms with Gasteiger partial charge in [0.05, 0.1) is 11.5 Å². The molecule has 4 nitrogen and oxygen atoms in total. The fraction of sp³-hybridized carbons (Fsp3) is 0.357. The minimum Gasteiger partial charge on any atom is -0.360 e. The Kier molecular flexibility index (Phi) is 2.74. The van der Waals surface area contributed by atoms with Gasteiger partial charge in [0.1, 0.15) is 0 Å². The summed E-state index contributed by atoms with van der Waals surface area (Å²) < 4.78 is 22.9. The number of aryl methyl sites for hydroxylation is 1. The molecule has 1 unspecified atom stereocenters. The minimum absolute atomic E-state index is 0.00956. The molecule has 100 valence electrons. The Labute approximate surface area is 111 Å². The summed E-state index contributed by atoms with van der Waals surface area (Å²) in [4.78, 5) is 15.5. The molecule has 0 saturated carbocycles. The average molecular weight is 277 g/mol. The maximum Gasteiger partial charge on any atom is 0.169 e. The van der Waals surface area contributed by atoms with Gasteiger partial charge in [-0.2, -0.15) is 0 Å². The molecule has 1 fully saturated rings. The van der Waals surface area contributed by atoms with Crippen molar-refractivity contribution in [1.29, 1.82) is 0 Å². The zero-order chi connectivity index (χ0) is 13.6.